The van der Waals surface area contributed by atoms with E-state index in [4.69, 9.17) is 22.1 Å². The zero-order chi connectivity index (χ0) is 11.3. The molecule has 0 aliphatic carbocycles. The third-order valence-corrected chi connectivity index (χ3v) is 3.57. The topological polar surface area (TPSA) is 47.3 Å². The van der Waals surface area contributed by atoms with Crippen LogP contribution in [0.25, 0.3) is 0 Å². The highest BCUT2D eigenvalue weighted by Gasteiger charge is 2.12. The van der Waals surface area contributed by atoms with Crippen molar-refractivity contribution in [1.29, 1.82) is 0 Å². The molecular formula is C10H17ClN2OS. The van der Waals surface area contributed by atoms with Gasteiger partial charge in [-0.05, 0) is 19.1 Å². The van der Waals surface area contributed by atoms with E-state index >= 15 is 0 Å². The first-order valence-corrected chi connectivity index (χ1v) is 6.08. The SMILES string of the molecule is COC(C)CNC(CN)c1ccc(Cl)s1. The van der Waals surface area contributed by atoms with Gasteiger partial charge in [-0.15, -0.1) is 11.3 Å². The van der Waals surface area contributed by atoms with Gasteiger partial charge < -0.3 is 15.8 Å². The van der Waals surface area contributed by atoms with Crippen LogP contribution in [0.15, 0.2) is 12.1 Å². The number of thiophene rings is 1. The van der Waals surface area contributed by atoms with Crippen molar-refractivity contribution >= 4 is 22.9 Å². The first-order valence-electron chi connectivity index (χ1n) is 4.88. The second-order valence-corrected chi connectivity index (χ2v) is 5.13. The fourth-order valence-electron chi connectivity index (χ4n) is 1.21. The van der Waals surface area contributed by atoms with E-state index < -0.39 is 0 Å². The zero-order valence-corrected chi connectivity index (χ0v) is 10.6. The second-order valence-electron chi connectivity index (χ2n) is 3.38. The minimum absolute atomic E-state index is 0.167. The summed E-state index contributed by atoms with van der Waals surface area (Å²) in [6.07, 6.45) is 0.189. The molecule has 1 aromatic rings. The van der Waals surface area contributed by atoms with E-state index in [0.717, 1.165) is 10.9 Å². The van der Waals surface area contributed by atoms with E-state index in [1.165, 1.54) is 4.88 Å². The molecule has 1 rings (SSSR count). The lowest BCUT2D eigenvalue weighted by Crippen LogP contribution is -2.33. The molecule has 5 heteroatoms. The number of nitrogens with one attached hydrogen (secondary N) is 1. The second kappa shape index (κ2) is 6.45. The van der Waals surface area contributed by atoms with Gasteiger partial charge >= 0.3 is 0 Å². The fraction of sp³-hybridized carbons (Fsp3) is 0.600. The van der Waals surface area contributed by atoms with Gasteiger partial charge in [0.2, 0.25) is 0 Å². The Balaban J connectivity index is 2.49. The van der Waals surface area contributed by atoms with Gasteiger partial charge in [-0.3, -0.25) is 0 Å². The predicted molar refractivity (Wildman–Crippen MR) is 65.6 cm³/mol. The molecule has 3 nitrogen and oxygen atoms in total. The van der Waals surface area contributed by atoms with Gasteiger partial charge in [0.1, 0.15) is 0 Å². The number of hydrogen-bond donors (Lipinski definition) is 2. The van der Waals surface area contributed by atoms with Crippen molar-refractivity contribution in [2.45, 2.75) is 19.1 Å². The summed E-state index contributed by atoms with van der Waals surface area (Å²) in [6.45, 7) is 3.36. The molecule has 0 bridgehead atoms. The summed E-state index contributed by atoms with van der Waals surface area (Å²) >= 11 is 7.44. The Hall–Kier alpha value is -0.130. The lowest BCUT2D eigenvalue weighted by molar-refractivity contribution is 0.114. The van der Waals surface area contributed by atoms with Crippen molar-refractivity contribution < 1.29 is 4.74 Å². The molecule has 2 atom stereocenters. The number of rotatable bonds is 6. The highest BCUT2D eigenvalue weighted by molar-refractivity contribution is 7.16. The summed E-state index contributed by atoms with van der Waals surface area (Å²) in [5.74, 6) is 0. The van der Waals surface area contributed by atoms with Gasteiger partial charge in [-0.1, -0.05) is 11.6 Å². The standard InChI is InChI=1S/C10H17ClN2OS/c1-7(14-2)6-13-8(5-12)9-3-4-10(11)15-9/h3-4,7-8,13H,5-6,12H2,1-2H3. The molecule has 86 valence electrons. The van der Waals surface area contributed by atoms with Crippen LogP contribution in [-0.4, -0.2) is 26.3 Å². The van der Waals surface area contributed by atoms with E-state index in [-0.39, 0.29) is 12.1 Å². The van der Waals surface area contributed by atoms with Crippen LogP contribution in [0.3, 0.4) is 0 Å². The monoisotopic (exact) mass is 248 g/mol. The first kappa shape index (κ1) is 12.9. The van der Waals surface area contributed by atoms with Crippen molar-refractivity contribution in [3.63, 3.8) is 0 Å². The Labute approximate surface area is 99.6 Å². The van der Waals surface area contributed by atoms with Crippen LogP contribution in [-0.2, 0) is 4.74 Å². The van der Waals surface area contributed by atoms with Crippen LogP contribution >= 0.6 is 22.9 Å². The van der Waals surface area contributed by atoms with Gasteiger partial charge in [-0.2, -0.15) is 0 Å². The van der Waals surface area contributed by atoms with Crippen LogP contribution < -0.4 is 11.1 Å². The number of hydrogen-bond acceptors (Lipinski definition) is 4. The third-order valence-electron chi connectivity index (χ3n) is 2.23. The maximum Gasteiger partial charge on any atom is 0.0931 e. The van der Waals surface area contributed by atoms with Gasteiger partial charge in [-0.25, -0.2) is 0 Å². The lowest BCUT2D eigenvalue weighted by Gasteiger charge is -2.18. The Kier molecular flexibility index (Phi) is 5.56. The fourth-order valence-corrected chi connectivity index (χ4v) is 2.36. The molecule has 0 aromatic carbocycles. The molecule has 2 unspecified atom stereocenters. The van der Waals surface area contributed by atoms with E-state index in [9.17, 15) is 0 Å². The third kappa shape index (κ3) is 4.09. The van der Waals surface area contributed by atoms with Crippen LogP contribution in [0, 0.1) is 0 Å². The predicted octanol–water partition coefficient (Wildman–Crippen LogP) is 2.03. The Morgan fingerprint density at radius 3 is 2.80 bits per heavy atom. The summed E-state index contributed by atoms with van der Waals surface area (Å²) < 4.78 is 5.96. The highest BCUT2D eigenvalue weighted by atomic mass is 35.5. The first-order chi connectivity index (χ1) is 7.17. The smallest absolute Gasteiger partial charge is 0.0931 e. The molecule has 1 aromatic heterocycles. The van der Waals surface area contributed by atoms with E-state index in [0.29, 0.717) is 6.54 Å². The molecule has 0 radical (unpaired) electrons. The largest absolute Gasteiger partial charge is 0.380 e. The minimum atomic E-state index is 0.167. The Morgan fingerprint density at radius 2 is 2.33 bits per heavy atom. The summed E-state index contributed by atoms with van der Waals surface area (Å²) in [5.41, 5.74) is 5.70. The van der Waals surface area contributed by atoms with E-state index in [2.05, 4.69) is 5.32 Å². The van der Waals surface area contributed by atoms with E-state index in [1.54, 1.807) is 18.4 Å². The minimum Gasteiger partial charge on any atom is -0.380 e. The Morgan fingerprint density at radius 1 is 1.60 bits per heavy atom. The van der Waals surface area contributed by atoms with Crippen molar-refractivity contribution in [1.82, 2.24) is 5.32 Å². The van der Waals surface area contributed by atoms with Crippen molar-refractivity contribution in [2.24, 2.45) is 5.73 Å². The average Bonchev–Trinajstić information content (AvgIpc) is 2.65. The molecule has 15 heavy (non-hydrogen) atoms. The maximum absolute atomic E-state index is 5.88. The molecule has 1 heterocycles. The number of halogens is 1. The van der Waals surface area contributed by atoms with Gasteiger partial charge in [0.15, 0.2) is 0 Å². The van der Waals surface area contributed by atoms with Gasteiger partial charge in [0, 0.05) is 25.1 Å². The number of ether oxygens (including phenoxy) is 1. The normalized spacial score (nSPS) is 15.2. The van der Waals surface area contributed by atoms with Crippen LogP contribution in [0.4, 0.5) is 0 Å². The van der Waals surface area contributed by atoms with Gasteiger partial charge in [0.05, 0.1) is 16.5 Å². The summed E-state index contributed by atoms with van der Waals surface area (Å²) in [7, 11) is 1.70. The summed E-state index contributed by atoms with van der Waals surface area (Å²) in [6, 6.07) is 4.07. The molecule has 3 N–H and O–H groups in total. The maximum atomic E-state index is 5.88. The average molecular weight is 249 g/mol. The number of nitrogens with two attached hydrogens (primary N) is 1. The van der Waals surface area contributed by atoms with Crippen LogP contribution in [0.2, 0.25) is 4.34 Å². The zero-order valence-electron chi connectivity index (χ0n) is 9.00. The van der Waals surface area contributed by atoms with Crippen molar-refractivity contribution in [2.75, 3.05) is 20.2 Å². The van der Waals surface area contributed by atoms with Crippen molar-refractivity contribution in [3.05, 3.63) is 21.3 Å². The quantitative estimate of drug-likeness (QED) is 0.810. The van der Waals surface area contributed by atoms with Crippen LogP contribution in [0.5, 0.6) is 0 Å². The molecule has 0 saturated carbocycles. The van der Waals surface area contributed by atoms with Gasteiger partial charge in [0.25, 0.3) is 0 Å². The molecule has 0 aliphatic rings. The molecule has 0 fully saturated rings. The molecule has 0 saturated heterocycles. The summed E-state index contributed by atoms with van der Waals surface area (Å²) in [5, 5.41) is 3.35. The molecule has 0 amide bonds. The molecule has 0 spiro atoms. The molecular weight excluding hydrogens is 232 g/mol. The Bertz CT molecular complexity index is 293. The number of methoxy groups -OCH3 is 1. The lowest BCUT2D eigenvalue weighted by atomic mass is 10.2. The van der Waals surface area contributed by atoms with E-state index in [1.807, 2.05) is 19.1 Å². The summed E-state index contributed by atoms with van der Waals surface area (Å²) in [4.78, 5) is 1.17. The molecule has 0 aliphatic heterocycles. The van der Waals surface area contributed by atoms with Crippen molar-refractivity contribution in [3.8, 4) is 0 Å². The van der Waals surface area contributed by atoms with Crippen LogP contribution in [0.1, 0.15) is 17.8 Å². The highest BCUT2D eigenvalue weighted by Crippen LogP contribution is 2.26.